The van der Waals surface area contributed by atoms with Crippen molar-refractivity contribution in [3.05, 3.63) is 29.6 Å². The molecule has 1 aromatic rings. The molecule has 0 saturated carbocycles. The zero-order chi connectivity index (χ0) is 12.3. The number of hydrogen-bond donors (Lipinski definition) is 1. The van der Waals surface area contributed by atoms with E-state index in [0.29, 0.717) is 12.1 Å². The monoisotopic (exact) mass is 237 g/mol. The molecule has 2 rings (SSSR count). The van der Waals surface area contributed by atoms with Crippen LogP contribution in [0.3, 0.4) is 0 Å². The second-order valence-corrected chi connectivity index (χ2v) is 4.90. The quantitative estimate of drug-likeness (QED) is 0.873. The maximum Gasteiger partial charge on any atom is 0.165 e. The SMILES string of the molecule is CCC1CCCN(Cc2cccc(F)c2O)C1. The van der Waals surface area contributed by atoms with Crippen LogP contribution in [0.15, 0.2) is 18.2 Å². The first kappa shape index (κ1) is 12.4. The van der Waals surface area contributed by atoms with Gasteiger partial charge in [-0.3, -0.25) is 4.90 Å². The van der Waals surface area contributed by atoms with Crippen LogP contribution in [0.2, 0.25) is 0 Å². The van der Waals surface area contributed by atoms with Gasteiger partial charge < -0.3 is 5.11 Å². The number of likely N-dealkylation sites (tertiary alicyclic amines) is 1. The second-order valence-electron chi connectivity index (χ2n) is 4.90. The summed E-state index contributed by atoms with van der Waals surface area (Å²) in [4.78, 5) is 2.31. The maximum absolute atomic E-state index is 13.2. The molecule has 1 aromatic carbocycles. The number of halogens is 1. The summed E-state index contributed by atoms with van der Waals surface area (Å²) in [7, 11) is 0. The summed E-state index contributed by atoms with van der Waals surface area (Å²) in [6, 6.07) is 4.75. The van der Waals surface area contributed by atoms with E-state index >= 15 is 0 Å². The van der Waals surface area contributed by atoms with E-state index in [9.17, 15) is 9.50 Å². The van der Waals surface area contributed by atoms with Crippen LogP contribution in [-0.2, 0) is 6.54 Å². The number of rotatable bonds is 3. The van der Waals surface area contributed by atoms with Crippen molar-refractivity contribution in [3.63, 3.8) is 0 Å². The number of phenolic OH excluding ortho intramolecular Hbond substituents is 1. The standard InChI is InChI=1S/C14H20FNO/c1-2-11-5-4-8-16(9-11)10-12-6-3-7-13(15)14(12)17/h3,6-7,11,17H,2,4-5,8-10H2,1H3. The Labute approximate surface area is 102 Å². The number of piperidine rings is 1. The molecule has 17 heavy (non-hydrogen) atoms. The Morgan fingerprint density at radius 3 is 3.06 bits per heavy atom. The predicted octanol–water partition coefficient (Wildman–Crippen LogP) is 3.15. The average molecular weight is 237 g/mol. The molecule has 1 fully saturated rings. The molecule has 1 N–H and O–H groups in total. The van der Waals surface area contributed by atoms with E-state index in [0.717, 1.165) is 19.0 Å². The topological polar surface area (TPSA) is 23.5 Å². The molecule has 1 heterocycles. The molecule has 1 aliphatic heterocycles. The number of phenols is 1. The smallest absolute Gasteiger partial charge is 0.165 e. The van der Waals surface area contributed by atoms with Gasteiger partial charge in [-0.1, -0.05) is 25.5 Å². The van der Waals surface area contributed by atoms with Crippen molar-refractivity contribution in [1.29, 1.82) is 0 Å². The van der Waals surface area contributed by atoms with Crippen LogP contribution in [0.5, 0.6) is 5.75 Å². The zero-order valence-electron chi connectivity index (χ0n) is 10.3. The number of para-hydroxylation sites is 1. The van der Waals surface area contributed by atoms with Crippen LogP contribution in [0, 0.1) is 11.7 Å². The zero-order valence-corrected chi connectivity index (χ0v) is 10.3. The fraction of sp³-hybridized carbons (Fsp3) is 0.571. The molecule has 0 amide bonds. The van der Waals surface area contributed by atoms with Gasteiger partial charge in [-0.2, -0.15) is 0 Å². The van der Waals surface area contributed by atoms with Crippen molar-refractivity contribution in [2.45, 2.75) is 32.7 Å². The Kier molecular flexibility index (Phi) is 4.00. The van der Waals surface area contributed by atoms with E-state index in [1.165, 1.54) is 25.3 Å². The molecule has 0 bridgehead atoms. The van der Waals surface area contributed by atoms with Crippen LogP contribution in [0.4, 0.5) is 4.39 Å². The molecule has 3 heteroatoms. The summed E-state index contributed by atoms with van der Waals surface area (Å²) < 4.78 is 13.2. The van der Waals surface area contributed by atoms with Gasteiger partial charge in [0.15, 0.2) is 11.6 Å². The van der Waals surface area contributed by atoms with Crippen LogP contribution >= 0.6 is 0 Å². The summed E-state index contributed by atoms with van der Waals surface area (Å²) in [5.41, 5.74) is 0.696. The Bertz CT molecular complexity index is 380. The summed E-state index contributed by atoms with van der Waals surface area (Å²) >= 11 is 0. The van der Waals surface area contributed by atoms with E-state index < -0.39 is 5.82 Å². The molecule has 0 spiro atoms. The van der Waals surface area contributed by atoms with E-state index in [1.54, 1.807) is 12.1 Å². The minimum absolute atomic E-state index is 0.189. The van der Waals surface area contributed by atoms with Crippen LogP contribution < -0.4 is 0 Å². The lowest BCUT2D eigenvalue weighted by Gasteiger charge is -2.32. The molecule has 0 aromatic heterocycles. The highest BCUT2D eigenvalue weighted by Gasteiger charge is 2.19. The largest absolute Gasteiger partial charge is 0.505 e. The molecule has 0 radical (unpaired) electrons. The Morgan fingerprint density at radius 2 is 2.29 bits per heavy atom. The van der Waals surface area contributed by atoms with E-state index in [1.807, 2.05) is 0 Å². The molecule has 1 unspecified atom stereocenters. The summed E-state index contributed by atoms with van der Waals surface area (Å²) in [6.45, 7) is 4.98. The summed E-state index contributed by atoms with van der Waals surface area (Å²) in [5.74, 6) is 0.0390. The fourth-order valence-corrected chi connectivity index (χ4v) is 2.56. The summed E-state index contributed by atoms with van der Waals surface area (Å²) in [6.07, 6.45) is 3.70. The highest BCUT2D eigenvalue weighted by molar-refractivity contribution is 5.33. The predicted molar refractivity (Wildman–Crippen MR) is 66.4 cm³/mol. The number of nitrogens with zero attached hydrogens (tertiary/aromatic N) is 1. The first-order valence-electron chi connectivity index (χ1n) is 6.39. The van der Waals surface area contributed by atoms with Crippen molar-refractivity contribution in [3.8, 4) is 5.75 Å². The molecule has 1 saturated heterocycles. The molecule has 2 nitrogen and oxygen atoms in total. The molecule has 0 aliphatic carbocycles. The van der Waals surface area contributed by atoms with Gasteiger partial charge >= 0.3 is 0 Å². The molecule has 1 aliphatic rings. The minimum Gasteiger partial charge on any atom is -0.505 e. The number of aromatic hydroxyl groups is 1. The van der Waals surface area contributed by atoms with Gasteiger partial charge in [0.2, 0.25) is 0 Å². The first-order valence-corrected chi connectivity index (χ1v) is 6.39. The van der Waals surface area contributed by atoms with Crippen molar-refractivity contribution in [1.82, 2.24) is 4.90 Å². The molecular formula is C14H20FNO. The number of hydrogen-bond acceptors (Lipinski definition) is 2. The van der Waals surface area contributed by atoms with Gasteiger partial charge in [-0.25, -0.2) is 4.39 Å². The lowest BCUT2D eigenvalue weighted by molar-refractivity contribution is 0.163. The Hall–Kier alpha value is -1.09. The maximum atomic E-state index is 13.2. The van der Waals surface area contributed by atoms with Crippen molar-refractivity contribution < 1.29 is 9.50 Å². The van der Waals surface area contributed by atoms with Gasteiger partial charge in [-0.05, 0) is 31.4 Å². The highest BCUT2D eigenvalue weighted by Crippen LogP contribution is 2.25. The van der Waals surface area contributed by atoms with E-state index in [2.05, 4.69) is 11.8 Å². The van der Waals surface area contributed by atoms with Crippen LogP contribution in [-0.4, -0.2) is 23.1 Å². The minimum atomic E-state index is -0.522. The van der Waals surface area contributed by atoms with Gasteiger partial charge in [0.1, 0.15) is 0 Å². The first-order chi connectivity index (χ1) is 8.20. The Balaban J connectivity index is 2.02. The third-order valence-electron chi connectivity index (χ3n) is 3.64. The fourth-order valence-electron chi connectivity index (χ4n) is 2.56. The highest BCUT2D eigenvalue weighted by atomic mass is 19.1. The van der Waals surface area contributed by atoms with Crippen LogP contribution in [0.1, 0.15) is 31.7 Å². The van der Waals surface area contributed by atoms with Crippen LogP contribution in [0.25, 0.3) is 0 Å². The van der Waals surface area contributed by atoms with Crippen molar-refractivity contribution >= 4 is 0 Å². The Morgan fingerprint density at radius 1 is 1.47 bits per heavy atom. The lowest BCUT2D eigenvalue weighted by atomic mass is 9.95. The van der Waals surface area contributed by atoms with Crippen molar-refractivity contribution in [2.24, 2.45) is 5.92 Å². The number of benzene rings is 1. The molecule has 94 valence electrons. The van der Waals surface area contributed by atoms with Gasteiger partial charge in [-0.15, -0.1) is 0 Å². The second kappa shape index (κ2) is 5.50. The third-order valence-corrected chi connectivity index (χ3v) is 3.64. The van der Waals surface area contributed by atoms with E-state index in [4.69, 9.17) is 0 Å². The van der Waals surface area contributed by atoms with E-state index in [-0.39, 0.29) is 5.75 Å². The van der Waals surface area contributed by atoms with Gasteiger partial charge in [0.05, 0.1) is 0 Å². The van der Waals surface area contributed by atoms with Gasteiger partial charge in [0, 0.05) is 18.7 Å². The average Bonchev–Trinajstić information content (AvgIpc) is 2.35. The van der Waals surface area contributed by atoms with Gasteiger partial charge in [0.25, 0.3) is 0 Å². The molecular weight excluding hydrogens is 217 g/mol. The van der Waals surface area contributed by atoms with Crippen molar-refractivity contribution in [2.75, 3.05) is 13.1 Å². The summed E-state index contributed by atoms with van der Waals surface area (Å²) in [5, 5.41) is 9.65. The third kappa shape index (κ3) is 2.97. The lowest BCUT2D eigenvalue weighted by Crippen LogP contribution is -2.34. The molecule has 1 atom stereocenters. The normalized spacial score (nSPS) is 21.6.